The summed E-state index contributed by atoms with van der Waals surface area (Å²) in [6, 6.07) is 19.4. The number of aromatic nitrogens is 2. The number of amides is 1. The molecule has 0 aliphatic carbocycles. The van der Waals surface area contributed by atoms with Crippen LogP contribution in [-0.4, -0.2) is 15.5 Å². The fourth-order valence-corrected chi connectivity index (χ4v) is 3.71. The van der Waals surface area contributed by atoms with Gasteiger partial charge in [-0.05, 0) is 65.8 Å². The molecule has 0 saturated carbocycles. The van der Waals surface area contributed by atoms with Crippen molar-refractivity contribution in [2.75, 3.05) is 0 Å². The van der Waals surface area contributed by atoms with Gasteiger partial charge >= 0.3 is 0 Å². The number of nitrogens with one attached hydrogen (secondary N) is 2. The lowest BCUT2D eigenvalue weighted by Gasteiger charge is -2.10. The number of carbonyl (C=O) groups is 1. The monoisotopic (exact) mass is 469 g/mol. The smallest absolute Gasteiger partial charge is 0.262 e. The zero-order valence-electron chi connectivity index (χ0n) is 16.2. The summed E-state index contributed by atoms with van der Waals surface area (Å²) >= 11 is 17.2. The third-order valence-corrected chi connectivity index (χ3v) is 5.69. The molecule has 0 spiro atoms. The van der Waals surface area contributed by atoms with Crippen molar-refractivity contribution in [3.63, 3.8) is 0 Å². The predicted molar refractivity (Wildman–Crippen MR) is 127 cm³/mol. The molecule has 0 unspecified atom stereocenters. The Morgan fingerprint density at radius 2 is 1.55 bits per heavy atom. The van der Waals surface area contributed by atoms with Crippen LogP contribution in [0.4, 0.5) is 0 Å². The van der Waals surface area contributed by atoms with Crippen LogP contribution in [0.1, 0.15) is 21.5 Å². The number of rotatable bonds is 5. The second-order valence-corrected chi connectivity index (χ2v) is 8.28. The second-order valence-electron chi connectivity index (χ2n) is 7.02. The van der Waals surface area contributed by atoms with Gasteiger partial charge in [0, 0.05) is 22.2 Å². The first-order valence-electron chi connectivity index (χ1n) is 9.45. The van der Waals surface area contributed by atoms with Gasteiger partial charge in [0.1, 0.15) is 0 Å². The van der Waals surface area contributed by atoms with Crippen molar-refractivity contribution in [3.8, 4) is 0 Å². The number of benzene rings is 3. The Morgan fingerprint density at radius 1 is 0.935 bits per heavy atom. The van der Waals surface area contributed by atoms with Crippen molar-refractivity contribution >= 4 is 52.2 Å². The molecule has 3 aromatic carbocycles. The van der Waals surface area contributed by atoms with E-state index in [1.165, 1.54) is 4.57 Å². The Balaban J connectivity index is 1.58. The molecule has 4 rings (SSSR count). The summed E-state index contributed by atoms with van der Waals surface area (Å²) in [5.41, 5.74) is 2.57. The fraction of sp³-hybridized carbons (Fsp3) is 0.0870. The summed E-state index contributed by atoms with van der Waals surface area (Å²) in [6.07, 6.45) is 0. The summed E-state index contributed by atoms with van der Waals surface area (Å²) in [5.74, 6) is -0.249. The summed E-state index contributed by atoms with van der Waals surface area (Å²) in [6.45, 7) is 0.692. The lowest BCUT2D eigenvalue weighted by Crippen LogP contribution is -2.24. The standard InChI is InChI=1S/C23H17Cl2N3O2S/c24-17-6-1-14(2-7-17)12-26-21(29)16-5-10-19-20(11-16)27-23(31)28(22(19)30)13-15-3-8-18(25)9-4-15/h1-11H,12-13H2,(H,26,29)(H,27,31). The van der Waals surface area contributed by atoms with E-state index in [2.05, 4.69) is 10.3 Å². The summed E-state index contributed by atoms with van der Waals surface area (Å²) in [7, 11) is 0. The first-order chi connectivity index (χ1) is 14.9. The van der Waals surface area contributed by atoms with E-state index in [0.717, 1.165) is 11.1 Å². The maximum Gasteiger partial charge on any atom is 0.262 e. The van der Waals surface area contributed by atoms with Gasteiger partial charge in [0.05, 0.1) is 17.4 Å². The zero-order valence-corrected chi connectivity index (χ0v) is 18.5. The molecular weight excluding hydrogens is 453 g/mol. The van der Waals surface area contributed by atoms with E-state index in [1.807, 2.05) is 24.3 Å². The molecule has 0 aliphatic heterocycles. The van der Waals surface area contributed by atoms with Gasteiger partial charge in [0.15, 0.2) is 4.77 Å². The SMILES string of the molecule is O=C(NCc1ccc(Cl)cc1)c1ccc2c(=O)n(Cc3ccc(Cl)cc3)c(=S)[nH]c2c1. The van der Waals surface area contributed by atoms with Crippen LogP contribution in [0.25, 0.3) is 10.9 Å². The van der Waals surface area contributed by atoms with Gasteiger partial charge in [-0.15, -0.1) is 0 Å². The molecule has 1 heterocycles. The maximum atomic E-state index is 13.0. The summed E-state index contributed by atoms with van der Waals surface area (Å²) in [5, 5.41) is 4.58. The van der Waals surface area contributed by atoms with E-state index in [9.17, 15) is 9.59 Å². The van der Waals surface area contributed by atoms with Crippen molar-refractivity contribution in [3.05, 3.63) is 109 Å². The summed E-state index contributed by atoms with van der Waals surface area (Å²) in [4.78, 5) is 28.6. The van der Waals surface area contributed by atoms with E-state index in [-0.39, 0.29) is 16.2 Å². The van der Waals surface area contributed by atoms with Crippen LogP contribution >= 0.6 is 35.4 Å². The first-order valence-corrected chi connectivity index (χ1v) is 10.6. The normalized spacial score (nSPS) is 10.9. The predicted octanol–water partition coefficient (Wildman–Crippen LogP) is 5.34. The number of aromatic amines is 1. The highest BCUT2D eigenvalue weighted by molar-refractivity contribution is 7.71. The minimum absolute atomic E-state index is 0.221. The third kappa shape index (κ3) is 4.88. The molecule has 0 atom stereocenters. The Kier molecular flexibility index (Phi) is 6.23. The van der Waals surface area contributed by atoms with E-state index in [0.29, 0.717) is 39.6 Å². The number of hydrogen-bond donors (Lipinski definition) is 2. The van der Waals surface area contributed by atoms with Crippen LogP contribution in [-0.2, 0) is 13.1 Å². The molecule has 0 saturated heterocycles. The quantitative estimate of drug-likeness (QED) is 0.387. The van der Waals surface area contributed by atoms with E-state index < -0.39 is 0 Å². The Bertz CT molecular complexity index is 1380. The molecule has 4 aromatic rings. The van der Waals surface area contributed by atoms with Crippen LogP contribution in [0.5, 0.6) is 0 Å². The minimum atomic E-state index is -0.249. The third-order valence-electron chi connectivity index (χ3n) is 4.86. The second kappa shape index (κ2) is 9.06. The minimum Gasteiger partial charge on any atom is -0.348 e. The molecule has 0 fully saturated rings. The highest BCUT2D eigenvalue weighted by Gasteiger charge is 2.11. The van der Waals surface area contributed by atoms with Gasteiger partial charge in [-0.2, -0.15) is 0 Å². The Labute approximate surface area is 193 Å². The Morgan fingerprint density at radius 3 is 2.19 bits per heavy atom. The highest BCUT2D eigenvalue weighted by atomic mass is 35.5. The molecular formula is C23H17Cl2N3O2S. The number of halogens is 2. The van der Waals surface area contributed by atoms with Crippen LogP contribution in [0, 0.1) is 4.77 Å². The first kappa shape index (κ1) is 21.3. The van der Waals surface area contributed by atoms with Gasteiger partial charge < -0.3 is 10.3 Å². The van der Waals surface area contributed by atoms with Gasteiger partial charge in [-0.3, -0.25) is 14.2 Å². The van der Waals surface area contributed by atoms with Crippen LogP contribution < -0.4 is 10.9 Å². The van der Waals surface area contributed by atoms with Crippen LogP contribution in [0.15, 0.2) is 71.5 Å². The van der Waals surface area contributed by atoms with Crippen molar-refractivity contribution in [2.45, 2.75) is 13.1 Å². The molecule has 0 aliphatic rings. The van der Waals surface area contributed by atoms with Crippen LogP contribution in [0.3, 0.4) is 0 Å². The molecule has 8 heteroatoms. The van der Waals surface area contributed by atoms with Gasteiger partial charge in [0.2, 0.25) is 0 Å². The molecule has 5 nitrogen and oxygen atoms in total. The number of carbonyl (C=O) groups excluding carboxylic acids is 1. The molecule has 31 heavy (non-hydrogen) atoms. The topological polar surface area (TPSA) is 66.9 Å². The van der Waals surface area contributed by atoms with Gasteiger partial charge in [-0.1, -0.05) is 47.5 Å². The van der Waals surface area contributed by atoms with Crippen LogP contribution in [0.2, 0.25) is 10.0 Å². The lowest BCUT2D eigenvalue weighted by molar-refractivity contribution is 0.0951. The molecule has 1 amide bonds. The number of H-pyrrole nitrogens is 1. The lowest BCUT2D eigenvalue weighted by atomic mass is 10.1. The maximum absolute atomic E-state index is 13.0. The van der Waals surface area contributed by atoms with Gasteiger partial charge in [0.25, 0.3) is 11.5 Å². The number of hydrogen-bond acceptors (Lipinski definition) is 3. The number of fused-ring (bicyclic) bond motifs is 1. The molecule has 2 N–H and O–H groups in total. The van der Waals surface area contributed by atoms with Crippen molar-refractivity contribution in [1.29, 1.82) is 0 Å². The molecule has 156 valence electrons. The largest absolute Gasteiger partial charge is 0.348 e. The molecule has 0 bridgehead atoms. The van der Waals surface area contributed by atoms with Gasteiger partial charge in [-0.25, -0.2) is 0 Å². The Hall–Kier alpha value is -2.93. The fourth-order valence-electron chi connectivity index (χ4n) is 3.20. The average molecular weight is 470 g/mol. The van der Waals surface area contributed by atoms with Crippen molar-refractivity contribution in [1.82, 2.24) is 14.9 Å². The average Bonchev–Trinajstić information content (AvgIpc) is 2.77. The zero-order chi connectivity index (χ0) is 22.0. The summed E-state index contributed by atoms with van der Waals surface area (Å²) < 4.78 is 1.77. The van der Waals surface area contributed by atoms with Crippen molar-refractivity contribution in [2.24, 2.45) is 0 Å². The number of nitrogens with zero attached hydrogens (tertiary/aromatic N) is 1. The van der Waals surface area contributed by atoms with E-state index in [1.54, 1.807) is 42.5 Å². The highest BCUT2D eigenvalue weighted by Crippen LogP contribution is 2.14. The van der Waals surface area contributed by atoms with E-state index >= 15 is 0 Å². The molecule has 0 radical (unpaired) electrons. The van der Waals surface area contributed by atoms with Crippen molar-refractivity contribution < 1.29 is 4.79 Å². The van der Waals surface area contributed by atoms with E-state index in [4.69, 9.17) is 35.4 Å². The molecule has 1 aromatic heterocycles.